The van der Waals surface area contributed by atoms with Crippen LogP contribution in [-0.4, -0.2) is 84.2 Å². The summed E-state index contributed by atoms with van der Waals surface area (Å²) in [5.74, 6) is 0. The maximum absolute atomic E-state index is 14.2. The van der Waals surface area contributed by atoms with Gasteiger partial charge in [0, 0.05) is 0 Å². The second-order valence-electron chi connectivity index (χ2n) is 7.51. The molecule has 0 bridgehead atoms. The molecule has 0 unspecified atom stereocenters. The fraction of sp³-hybridized carbons (Fsp3) is 1.00. The summed E-state index contributed by atoms with van der Waals surface area (Å²) in [6.45, 7) is -3.88. The van der Waals surface area contributed by atoms with Crippen molar-refractivity contribution in [2.24, 2.45) is 0 Å². The molecule has 0 N–H and O–H groups in total. The summed E-state index contributed by atoms with van der Waals surface area (Å²) in [7, 11) is -7.73. The molecule has 1 heterocycles. The molecule has 0 saturated carbocycles. The van der Waals surface area contributed by atoms with Gasteiger partial charge in [-0.15, -0.1) is 0 Å². The van der Waals surface area contributed by atoms with Gasteiger partial charge in [0.25, 0.3) is 0 Å². The zero-order valence-corrected chi connectivity index (χ0v) is 20.2. The SMILES string of the molecule is CCN(CC)P1(OCC(F)(F)F)(N(CC)CC)OC(C(F)(F)F)(C(F)(F)F)C(C(F)(F)F)(C(F)(F)F)O1. The summed E-state index contributed by atoms with van der Waals surface area (Å²) < 4.78 is 222. The van der Waals surface area contributed by atoms with E-state index in [9.17, 15) is 65.9 Å². The van der Waals surface area contributed by atoms with E-state index in [1.807, 2.05) is 0 Å². The van der Waals surface area contributed by atoms with Gasteiger partial charge in [0.15, 0.2) is 0 Å². The summed E-state index contributed by atoms with van der Waals surface area (Å²) in [6.07, 6.45) is -36.1. The molecule has 0 aromatic heterocycles. The molecule has 21 heteroatoms. The summed E-state index contributed by atoms with van der Waals surface area (Å²) in [4.78, 5) is 0. The molecule has 0 atom stereocenters. The molecule has 0 aliphatic carbocycles. The van der Waals surface area contributed by atoms with Crippen LogP contribution in [0.15, 0.2) is 0 Å². The number of halogens is 15. The normalized spacial score (nSPS) is 23.3. The molecule has 1 fully saturated rings. The van der Waals surface area contributed by atoms with Gasteiger partial charge in [-0.2, -0.15) is 0 Å². The van der Waals surface area contributed by atoms with E-state index in [0.29, 0.717) is 0 Å². The van der Waals surface area contributed by atoms with Crippen LogP contribution in [0.25, 0.3) is 0 Å². The molecule has 1 saturated heterocycles. The van der Waals surface area contributed by atoms with Gasteiger partial charge in [-0.05, 0) is 0 Å². The Morgan fingerprint density at radius 2 is 0.784 bits per heavy atom. The van der Waals surface area contributed by atoms with Gasteiger partial charge in [0.05, 0.1) is 0 Å². The van der Waals surface area contributed by atoms with Crippen molar-refractivity contribution in [3.63, 3.8) is 0 Å². The predicted octanol–water partition coefficient (Wildman–Crippen LogP) is 7.15. The molecule has 0 spiro atoms. The first-order valence-corrected chi connectivity index (χ1v) is 12.1. The minimum absolute atomic E-state index is 0.0736. The van der Waals surface area contributed by atoms with Crippen LogP contribution in [0.4, 0.5) is 65.9 Å². The summed E-state index contributed by atoms with van der Waals surface area (Å²) in [5.41, 5.74) is -14.6. The van der Waals surface area contributed by atoms with Crippen LogP contribution in [0.2, 0.25) is 0 Å². The third-order valence-electron chi connectivity index (χ3n) is 5.53. The van der Waals surface area contributed by atoms with E-state index in [1.54, 1.807) is 0 Å². The van der Waals surface area contributed by atoms with Gasteiger partial charge in [-0.3, -0.25) is 0 Å². The topological polar surface area (TPSA) is 34.2 Å². The Labute approximate surface area is 200 Å². The molecule has 1 aliphatic heterocycles. The van der Waals surface area contributed by atoms with Crippen molar-refractivity contribution < 1.29 is 79.4 Å². The van der Waals surface area contributed by atoms with E-state index in [4.69, 9.17) is 0 Å². The van der Waals surface area contributed by atoms with E-state index < -0.39 is 82.5 Å². The molecule has 0 amide bonds. The van der Waals surface area contributed by atoms with Crippen LogP contribution >= 0.6 is 7.59 Å². The Morgan fingerprint density at radius 1 is 0.541 bits per heavy atom. The van der Waals surface area contributed by atoms with Crippen molar-refractivity contribution in [2.75, 3.05) is 32.8 Å². The Bertz CT molecular complexity index is 714. The second kappa shape index (κ2) is 9.67. The molecule has 37 heavy (non-hydrogen) atoms. The second-order valence-corrected chi connectivity index (χ2v) is 10.9. The molecule has 1 aliphatic rings. The summed E-state index contributed by atoms with van der Waals surface area (Å²) in [6, 6.07) is 0. The van der Waals surface area contributed by atoms with Gasteiger partial charge < -0.3 is 0 Å². The van der Waals surface area contributed by atoms with Crippen LogP contribution in [0.1, 0.15) is 27.7 Å². The number of rotatable bonds is 8. The number of hydrogen-bond acceptors (Lipinski definition) is 5. The minimum atomic E-state index is -7.73. The molecule has 1 rings (SSSR count). The molecule has 0 radical (unpaired) electrons. The van der Waals surface area contributed by atoms with Crippen LogP contribution in [0.5, 0.6) is 0 Å². The van der Waals surface area contributed by atoms with E-state index in [1.165, 1.54) is 0 Å². The van der Waals surface area contributed by atoms with Gasteiger partial charge >= 0.3 is 199 Å². The molecular formula is C16H22F15N2O3P. The average molecular weight is 606 g/mol. The van der Waals surface area contributed by atoms with Crippen molar-refractivity contribution >= 4 is 7.59 Å². The van der Waals surface area contributed by atoms with Gasteiger partial charge in [0.1, 0.15) is 0 Å². The van der Waals surface area contributed by atoms with E-state index in [2.05, 4.69) is 13.6 Å². The molecule has 0 aromatic rings. The van der Waals surface area contributed by atoms with Crippen molar-refractivity contribution in [2.45, 2.75) is 69.8 Å². The molecule has 0 aromatic carbocycles. The van der Waals surface area contributed by atoms with Crippen LogP contribution in [-0.2, 0) is 13.6 Å². The Morgan fingerprint density at radius 3 is 0.946 bits per heavy atom. The standard InChI is InChI=1S/C16H22F15N2O3P/c1-5-32(6-2)37(33(7-3)8-4,34-9-10(17,18)19)35-11(13(20,21)22,14(23,24)25)12(36-37,15(26,27)28)16(29,30)31/h5-9H2,1-4H3. The zero-order chi connectivity index (χ0) is 29.8. The van der Waals surface area contributed by atoms with Crippen LogP contribution in [0, 0.1) is 0 Å². The van der Waals surface area contributed by atoms with E-state index in [-0.39, 0.29) is 9.34 Å². The third kappa shape index (κ3) is 4.76. The quantitative estimate of drug-likeness (QED) is 0.217. The zero-order valence-electron chi connectivity index (χ0n) is 19.3. The van der Waals surface area contributed by atoms with Crippen LogP contribution < -0.4 is 0 Å². The number of hydrogen-bond donors (Lipinski definition) is 0. The van der Waals surface area contributed by atoms with Crippen molar-refractivity contribution in [1.82, 2.24) is 9.34 Å². The third-order valence-corrected chi connectivity index (χ3v) is 10.3. The first-order valence-electron chi connectivity index (χ1n) is 10.2. The fourth-order valence-corrected chi connectivity index (χ4v) is 9.30. The molecular weight excluding hydrogens is 584 g/mol. The first kappa shape index (κ1) is 34.2. The van der Waals surface area contributed by atoms with Crippen LogP contribution in [0.3, 0.4) is 0 Å². The fourth-order valence-electron chi connectivity index (χ4n) is 4.15. The Hall–Kier alpha value is -0.820. The van der Waals surface area contributed by atoms with E-state index >= 15 is 0 Å². The number of alkyl halides is 15. The van der Waals surface area contributed by atoms with Crippen molar-refractivity contribution in [1.29, 1.82) is 0 Å². The molecule has 224 valence electrons. The van der Waals surface area contributed by atoms with Gasteiger partial charge in [0.2, 0.25) is 0 Å². The monoisotopic (exact) mass is 606 g/mol. The Kier molecular flexibility index (Phi) is 8.94. The summed E-state index contributed by atoms with van der Waals surface area (Å²) in [5, 5.41) is 0. The van der Waals surface area contributed by atoms with Crippen molar-refractivity contribution in [3.05, 3.63) is 0 Å². The van der Waals surface area contributed by atoms with Crippen molar-refractivity contribution in [3.8, 4) is 0 Å². The molecule has 5 nitrogen and oxygen atoms in total. The average Bonchev–Trinajstić information content (AvgIpc) is 3.00. The predicted molar refractivity (Wildman–Crippen MR) is 96.6 cm³/mol. The first-order chi connectivity index (χ1) is 16.2. The Balaban J connectivity index is 4.67. The number of nitrogens with zero attached hydrogens (tertiary/aromatic N) is 2. The summed E-state index contributed by atoms with van der Waals surface area (Å²) >= 11 is 0. The van der Waals surface area contributed by atoms with E-state index in [0.717, 1.165) is 27.7 Å². The van der Waals surface area contributed by atoms with Gasteiger partial charge in [-0.1, -0.05) is 0 Å². The van der Waals surface area contributed by atoms with Gasteiger partial charge in [-0.25, -0.2) is 0 Å². The maximum atomic E-state index is 14.2.